The molecule has 6 heteroatoms. The van der Waals surface area contributed by atoms with Crippen molar-refractivity contribution in [2.45, 2.75) is 44.7 Å². The van der Waals surface area contributed by atoms with Gasteiger partial charge >= 0.3 is 0 Å². The minimum atomic E-state index is -2.77. The Morgan fingerprint density at radius 3 is 2.89 bits per heavy atom. The van der Waals surface area contributed by atoms with Gasteiger partial charge in [0.1, 0.15) is 0 Å². The van der Waals surface area contributed by atoms with Gasteiger partial charge in [0.25, 0.3) is 5.92 Å². The molecule has 1 fully saturated rings. The van der Waals surface area contributed by atoms with Crippen LogP contribution in [0.25, 0.3) is 0 Å². The molecule has 106 valence electrons. The molecule has 2 heterocycles. The van der Waals surface area contributed by atoms with Gasteiger partial charge in [-0.25, -0.2) is 8.78 Å². The maximum Gasteiger partial charge on any atom is 0.262 e. The predicted molar refractivity (Wildman–Crippen MR) is 71.7 cm³/mol. The molecule has 0 aliphatic carbocycles. The van der Waals surface area contributed by atoms with E-state index in [0.29, 0.717) is 0 Å². The number of nitrogens with one attached hydrogen (secondary N) is 2. The molecule has 1 amide bonds. The number of aryl methyl sites for hydroxylation is 1. The molecule has 1 saturated heterocycles. The van der Waals surface area contributed by atoms with Crippen LogP contribution in [0.4, 0.5) is 8.78 Å². The topological polar surface area (TPSA) is 41.1 Å². The van der Waals surface area contributed by atoms with Gasteiger partial charge in [-0.2, -0.15) is 0 Å². The third kappa shape index (κ3) is 3.98. The van der Waals surface area contributed by atoms with Crippen LogP contribution in [-0.2, 0) is 11.2 Å². The molecule has 1 aromatic heterocycles. The van der Waals surface area contributed by atoms with Crippen LogP contribution in [0.5, 0.6) is 0 Å². The van der Waals surface area contributed by atoms with Crippen molar-refractivity contribution in [2.75, 3.05) is 6.54 Å². The highest BCUT2D eigenvalue weighted by molar-refractivity contribution is 7.11. The van der Waals surface area contributed by atoms with Crippen LogP contribution in [0.15, 0.2) is 12.1 Å². The lowest BCUT2D eigenvalue weighted by molar-refractivity contribution is -0.124. The summed E-state index contributed by atoms with van der Waals surface area (Å²) in [5.41, 5.74) is 0. The van der Waals surface area contributed by atoms with Crippen LogP contribution in [0.1, 0.15) is 23.1 Å². The van der Waals surface area contributed by atoms with E-state index in [1.54, 1.807) is 11.3 Å². The summed E-state index contributed by atoms with van der Waals surface area (Å²) in [7, 11) is 0. The summed E-state index contributed by atoms with van der Waals surface area (Å²) in [6.45, 7) is 3.51. The summed E-state index contributed by atoms with van der Waals surface area (Å²) in [6, 6.07) is 3.24. The number of hydrogen-bond acceptors (Lipinski definition) is 3. The molecule has 19 heavy (non-hydrogen) atoms. The van der Waals surface area contributed by atoms with Gasteiger partial charge in [-0.3, -0.25) is 10.1 Å². The molecule has 2 N–H and O–H groups in total. The molecule has 0 radical (unpaired) electrons. The van der Waals surface area contributed by atoms with Crippen LogP contribution in [0, 0.1) is 6.92 Å². The van der Waals surface area contributed by atoms with Crippen LogP contribution in [0.3, 0.4) is 0 Å². The summed E-state index contributed by atoms with van der Waals surface area (Å²) in [4.78, 5) is 14.3. The fraction of sp³-hybridized carbons (Fsp3) is 0.615. The van der Waals surface area contributed by atoms with Crippen molar-refractivity contribution in [2.24, 2.45) is 0 Å². The fourth-order valence-electron chi connectivity index (χ4n) is 2.19. The summed E-state index contributed by atoms with van der Waals surface area (Å²) < 4.78 is 26.0. The molecule has 0 spiro atoms. The number of carbonyl (C=O) groups is 1. The number of amides is 1. The summed E-state index contributed by atoms with van der Waals surface area (Å²) >= 11 is 1.69. The lowest BCUT2D eigenvalue weighted by Crippen LogP contribution is -2.44. The van der Waals surface area contributed by atoms with Gasteiger partial charge in [-0.05, 0) is 26.0 Å². The third-order valence-electron chi connectivity index (χ3n) is 3.12. The zero-order valence-corrected chi connectivity index (χ0v) is 11.8. The lowest BCUT2D eigenvalue weighted by atomic mass is 10.1. The minimum Gasteiger partial charge on any atom is -0.352 e. The Kier molecular flexibility index (Phi) is 4.20. The van der Waals surface area contributed by atoms with Gasteiger partial charge in [0.15, 0.2) is 0 Å². The van der Waals surface area contributed by atoms with Crippen molar-refractivity contribution in [1.82, 2.24) is 10.6 Å². The number of alkyl halides is 2. The molecule has 0 aromatic carbocycles. The first kappa shape index (κ1) is 14.4. The second-order valence-electron chi connectivity index (χ2n) is 5.12. The van der Waals surface area contributed by atoms with Gasteiger partial charge in [0, 0.05) is 28.6 Å². The molecule has 0 saturated carbocycles. The Hall–Kier alpha value is -1.01. The minimum absolute atomic E-state index is 0.0541. The smallest absolute Gasteiger partial charge is 0.262 e. The summed E-state index contributed by atoms with van der Waals surface area (Å²) in [5.74, 6) is -3.10. The van der Waals surface area contributed by atoms with Crippen LogP contribution < -0.4 is 10.6 Å². The zero-order valence-electron chi connectivity index (χ0n) is 11.0. The van der Waals surface area contributed by atoms with Crippen molar-refractivity contribution in [1.29, 1.82) is 0 Å². The number of carbonyl (C=O) groups excluding carboxylic acids is 1. The van der Waals surface area contributed by atoms with Gasteiger partial charge in [0.2, 0.25) is 5.91 Å². The Labute approximate surface area is 115 Å². The standard InChI is InChI=1S/C13H18F2N2OS/c1-8(5-10-4-3-9(2)19-10)17-12(18)11-6-13(14,15)7-16-11/h3-4,8,11,16H,5-7H2,1-2H3,(H,17,18). The lowest BCUT2D eigenvalue weighted by Gasteiger charge is -2.16. The van der Waals surface area contributed by atoms with E-state index in [0.717, 1.165) is 6.42 Å². The fourth-order valence-corrected chi connectivity index (χ4v) is 3.21. The number of halogens is 2. The highest BCUT2D eigenvalue weighted by Crippen LogP contribution is 2.25. The van der Waals surface area contributed by atoms with E-state index in [1.807, 2.05) is 26.0 Å². The largest absolute Gasteiger partial charge is 0.352 e. The van der Waals surface area contributed by atoms with E-state index >= 15 is 0 Å². The third-order valence-corrected chi connectivity index (χ3v) is 4.14. The predicted octanol–water partition coefficient (Wildman–Crippen LogP) is 2.10. The maximum absolute atomic E-state index is 13.0. The first-order valence-corrected chi connectivity index (χ1v) is 7.14. The summed E-state index contributed by atoms with van der Waals surface area (Å²) in [5, 5.41) is 5.35. The molecule has 2 unspecified atom stereocenters. The highest BCUT2D eigenvalue weighted by Gasteiger charge is 2.42. The molecule has 1 aromatic rings. The zero-order chi connectivity index (χ0) is 14.0. The molecule has 2 atom stereocenters. The van der Waals surface area contributed by atoms with Crippen molar-refractivity contribution < 1.29 is 13.6 Å². The number of rotatable bonds is 4. The SMILES string of the molecule is Cc1ccc(CC(C)NC(=O)C2CC(F)(F)CN2)s1. The van der Waals surface area contributed by atoms with Crippen LogP contribution in [0.2, 0.25) is 0 Å². The molecule has 1 aliphatic rings. The summed E-state index contributed by atoms with van der Waals surface area (Å²) in [6.07, 6.45) is 0.316. The molecular weight excluding hydrogens is 270 g/mol. The monoisotopic (exact) mass is 288 g/mol. The van der Waals surface area contributed by atoms with Gasteiger partial charge in [0.05, 0.1) is 12.6 Å². The molecule has 3 nitrogen and oxygen atoms in total. The molecular formula is C13H18F2N2OS. The van der Waals surface area contributed by atoms with Crippen molar-refractivity contribution >= 4 is 17.2 Å². The van der Waals surface area contributed by atoms with Crippen LogP contribution >= 0.6 is 11.3 Å². The Balaban J connectivity index is 1.82. The highest BCUT2D eigenvalue weighted by atomic mass is 32.1. The van der Waals surface area contributed by atoms with Crippen molar-refractivity contribution in [3.63, 3.8) is 0 Å². The first-order chi connectivity index (χ1) is 8.85. The number of hydrogen-bond donors (Lipinski definition) is 2. The van der Waals surface area contributed by atoms with E-state index in [9.17, 15) is 13.6 Å². The van der Waals surface area contributed by atoms with Gasteiger partial charge < -0.3 is 5.32 Å². The van der Waals surface area contributed by atoms with E-state index in [-0.39, 0.29) is 11.9 Å². The Morgan fingerprint density at radius 2 is 2.37 bits per heavy atom. The van der Waals surface area contributed by atoms with Crippen LogP contribution in [-0.4, -0.2) is 30.5 Å². The molecule has 2 rings (SSSR count). The molecule has 1 aliphatic heterocycles. The quantitative estimate of drug-likeness (QED) is 0.891. The van der Waals surface area contributed by atoms with E-state index in [4.69, 9.17) is 0 Å². The average Bonchev–Trinajstić information content (AvgIpc) is 2.84. The van der Waals surface area contributed by atoms with E-state index in [1.165, 1.54) is 9.75 Å². The molecule has 0 bridgehead atoms. The number of thiophene rings is 1. The Morgan fingerprint density at radius 1 is 1.63 bits per heavy atom. The maximum atomic E-state index is 13.0. The second kappa shape index (κ2) is 5.54. The first-order valence-electron chi connectivity index (χ1n) is 6.33. The van der Waals surface area contributed by atoms with Gasteiger partial charge in [-0.15, -0.1) is 11.3 Å². The second-order valence-corrected chi connectivity index (χ2v) is 6.49. The van der Waals surface area contributed by atoms with Crippen molar-refractivity contribution in [3.8, 4) is 0 Å². The van der Waals surface area contributed by atoms with E-state index in [2.05, 4.69) is 10.6 Å². The van der Waals surface area contributed by atoms with Crippen molar-refractivity contribution in [3.05, 3.63) is 21.9 Å². The average molecular weight is 288 g/mol. The normalized spacial score (nSPS) is 23.3. The van der Waals surface area contributed by atoms with E-state index < -0.39 is 24.9 Å². The van der Waals surface area contributed by atoms with Gasteiger partial charge in [-0.1, -0.05) is 0 Å². The Bertz CT molecular complexity index is 461.